The van der Waals surface area contributed by atoms with Crippen molar-refractivity contribution >= 4 is 0 Å². The first kappa shape index (κ1) is 23.8. The Morgan fingerprint density at radius 1 is 1.00 bits per heavy atom. The minimum atomic E-state index is -1.53. The Kier molecular flexibility index (Phi) is 8.50. The van der Waals surface area contributed by atoms with Crippen LogP contribution in [0.2, 0.25) is 0 Å². The Bertz CT molecular complexity index is 517. The third-order valence-electron chi connectivity index (χ3n) is 6.66. The van der Waals surface area contributed by atoms with Gasteiger partial charge in [0.05, 0.1) is 25.2 Å². The van der Waals surface area contributed by atoms with E-state index in [0.717, 1.165) is 6.42 Å². The van der Waals surface area contributed by atoms with Crippen molar-refractivity contribution in [1.82, 2.24) is 0 Å². The molecule has 1 heterocycles. The highest BCUT2D eigenvalue weighted by molar-refractivity contribution is 5.16. The molecule has 6 nitrogen and oxygen atoms in total. The first-order valence-electron chi connectivity index (χ1n) is 10.7. The van der Waals surface area contributed by atoms with E-state index in [4.69, 9.17) is 9.47 Å². The van der Waals surface area contributed by atoms with Gasteiger partial charge in [-0.15, -0.1) is 0 Å². The van der Waals surface area contributed by atoms with E-state index in [9.17, 15) is 20.4 Å². The highest BCUT2D eigenvalue weighted by atomic mass is 16.7. The summed E-state index contributed by atoms with van der Waals surface area (Å²) in [7, 11) is 0. The number of hydrogen-bond acceptors (Lipinski definition) is 6. The van der Waals surface area contributed by atoms with Crippen molar-refractivity contribution in [3.8, 4) is 0 Å². The lowest BCUT2D eigenvalue weighted by Crippen LogP contribution is -2.56. The highest BCUT2D eigenvalue weighted by Crippen LogP contribution is 2.46. The Morgan fingerprint density at radius 3 is 2.14 bits per heavy atom. The second-order valence-electron chi connectivity index (χ2n) is 9.55. The quantitative estimate of drug-likeness (QED) is 0.489. The molecule has 7 unspecified atom stereocenters. The molecule has 1 aliphatic heterocycles. The van der Waals surface area contributed by atoms with Gasteiger partial charge in [0.15, 0.2) is 12.6 Å². The summed E-state index contributed by atoms with van der Waals surface area (Å²) in [6.07, 6.45) is -1.95. The Labute approximate surface area is 169 Å². The minimum Gasteiger partial charge on any atom is -0.396 e. The van der Waals surface area contributed by atoms with Crippen LogP contribution >= 0.6 is 0 Å². The molecule has 0 amide bonds. The molecule has 8 atom stereocenters. The average Bonchev–Trinajstić information content (AvgIpc) is 2.63. The van der Waals surface area contributed by atoms with Gasteiger partial charge in [0.1, 0.15) is 6.10 Å². The average molecular weight is 401 g/mol. The van der Waals surface area contributed by atoms with Crippen molar-refractivity contribution in [3.05, 3.63) is 11.6 Å². The van der Waals surface area contributed by atoms with E-state index in [0.29, 0.717) is 42.1 Å². The molecule has 1 aliphatic carbocycles. The van der Waals surface area contributed by atoms with Crippen LogP contribution in [0.5, 0.6) is 0 Å². The van der Waals surface area contributed by atoms with Crippen LogP contribution in [0.25, 0.3) is 0 Å². The molecule has 2 rings (SSSR count). The maximum atomic E-state index is 10.1. The highest BCUT2D eigenvalue weighted by Gasteiger charge is 2.45. The zero-order chi connectivity index (χ0) is 21.2. The molecule has 2 aliphatic rings. The van der Waals surface area contributed by atoms with E-state index in [2.05, 4.69) is 47.6 Å². The molecular formula is C22H40O6. The van der Waals surface area contributed by atoms with Gasteiger partial charge < -0.3 is 29.9 Å². The first-order chi connectivity index (χ1) is 13.1. The van der Waals surface area contributed by atoms with E-state index in [1.54, 1.807) is 0 Å². The van der Waals surface area contributed by atoms with Crippen LogP contribution in [0.15, 0.2) is 11.6 Å². The third-order valence-corrected chi connectivity index (χ3v) is 6.66. The van der Waals surface area contributed by atoms with Gasteiger partial charge in [-0.2, -0.15) is 0 Å². The molecule has 0 aromatic rings. The SMILES string of the molecule is CC(C)C1C(COC2OC(O)C(O)C(O)C2CO)=CC[C@H](C(C)C)C1C(C)C. The molecule has 0 aromatic heterocycles. The number of hydrogen-bond donors (Lipinski definition) is 4. The summed E-state index contributed by atoms with van der Waals surface area (Å²) in [4.78, 5) is 0. The maximum absolute atomic E-state index is 10.1. The van der Waals surface area contributed by atoms with E-state index in [-0.39, 0.29) is 0 Å². The van der Waals surface area contributed by atoms with Gasteiger partial charge in [-0.25, -0.2) is 0 Å². The minimum absolute atomic E-state index is 0.327. The largest absolute Gasteiger partial charge is 0.396 e. The fraction of sp³-hybridized carbons (Fsp3) is 0.909. The second-order valence-corrected chi connectivity index (χ2v) is 9.55. The van der Waals surface area contributed by atoms with E-state index >= 15 is 0 Å². The lowest BCUT2D eigenvalue weighted by atomic mass is 9.61. The van der Waals surface area contributed by atoms with Crippen LogP contribution in [0, 0.1) is 41.4 Å². The van der Waals surface area contributed by atoms with Gasteiger partial charge in [0.25, 0.3) is 0 Å². The van der Waals surface area contributed by atoms with Crippen LogP contribution in [0.1, 0.15) is 48.0 Å². The van der Waals surface area contributed by atoms with Crippen LogP contribution in [0.3, 0.4) is 0 Å². The van der Waals surface area contributed by atoms with E-state index in [1.807, 2.05) is 0 Å². The summed E-state index contributed by atoms with van der Waals surface area (Å²) in [5.74, 6) is 2.40. The lowest BCUT2D eigenvalue weighted by Gasteiger charge is -2.45. The summed E-state index contributed by atoms with van der Waals surface area (Å²) >= 11 is 0. The number of ether oxygens (including phenoxy) is 2. The number of allylic oxidation sites excluding steroid dienone is 1. The van der Waals surface area contributed by atoms with Crippen molar-refractivity contribution in [3.63, 3.8) is 0 Å². The topological polar surface area (TPSA) is 99.4 Å². The van der Waals surface area contributed by atoms with Crippen LogP contribution < -0.4 is 0 Å². The smallest absolute Gasteiger partial charge is 0.186 e. The van der Waals surface area contributed by atoms with Gasteiger partial charge in [0, 0.05) is 0 Å². The molecule has 0 spiro atoms. The normalized spacial score (nSPS) is 39.7. The third kappa shape index (κ3) is 4.97. The summed E-state index contributed by atoms with van der Waals surface area (Å²) < 4.78 is 11.3. The van der Waals surface area contributed by atoms with Crippen molar-refractivity contribution < 1.29 is 29.9 Å². The zero-order valence-corrected chi connectivity index (χ0v) is 18.2. The summed E-state index contributed by atoms with van der Waals surface area (Å²) in [6.45, 7) is 13.6. The molecule has 0 bridgehead atoms. The molecule has 0 radical (unpaired) electrons. The molecule has 1 saturated heterocycles. The van der Waals surface area contributed by atoms with Crippen LogP contribution in [0.4, 0.5) is 0 Å². The second kappa shape index (κ2) is 10.0. The first-order valence-corrected chi connectivity index (χ1v) is 10.7. The van der Waals surface area contributed by atoms with Gasteiger partial charge in [-0.05, 0) is 47.5 Å². The van der Waals surface area contributed by atoms with Crippen molar-refractivity contribution in [1.29, 1.82) is 0 Å². The summed E-state index contributed by atoms with van der Waals surface area (Å²) in [5, 5.41) is 39.3. The van der Waals surface area contributed by atoms with E-state index in [1.165, 1.54) is 5.57 Å². The summed E-state index contributed by atoms with van der Waals surface area (Å²) in [5.41, 5.74) is 1.22. The number of aliphatic hydroxyl groups is 4. The van der Waals surface area contributed by atoms with E-state index < -0.39 is 37.3 Å². The molecular weight excluding hydrogens is 360 g/mol. The van der Waals surface area contributed by atoms with Crippen molar-refractivity contribution in [2.75, 3.05) is 13.2 Å². The van der Waals surface area contributed by atoms with Gasteiger partial charge in [-0.3, -0.25) is 0 Å². The maximum Gasteiger partial charge on any atom is 0.186 e. The predicted octanol–water partition coefficient (Wildman–Crippen LogP) is 2.15. The van der Waals surface area contributed by atoms with Crippen molar-refractivity contribution in [2.24, 2.45) is 41.4 Å². The molecule has 1 fully saturated rings. The Hall–Kier alpha value is -0.500. The predicted molar refractivity (Wildman–Crippen MR) is 107 cm³/mol. The van der Waals surface area contributed by atoms with Gasteiger partial charge >= 0.3 is 0 Å². The molecule has 164 valence electrons. The van der Waals surface area contributed by atoms with Crippen LogP contribution in [-0.2, 0) is 9.47 Å². The summed E-state index contributed by atoms with van der Waals surface area (Å²) in [6, 6.07) is 0. The number of aliphatic hydroxyl groups excluding tert-OH is 4. The Morgan fingerprint density at radius 2 is 1.64 bits per heavy atom. The fourth-order valence-electron chi connectivity index (χ4n) is 5.18. The fourth-order valence-corrected chi connectivity index (χ4v) is 5.18. The van der Waals surface area contributed by atoms with Crippen molar-refractivity contribution in [2.45, 2.75) is 72.8 Å². The standard InChI is InChI=1S/C22H40O6/c1-11(2)15-8-7-14(17(12(3)4)18(15)13(5)6)10-27-22-16(9-23)19(24)20(25)21(26)28-22/h7,11-13,15-26H,8-10H2,1-6H3/t15-,16?,17?,18?,19?,20?,21?,22?/m1/s1. The molecule has 0 saturated carbocycles. The molecule has 6 heteroatoms. The van der Waals surface area contributed by atoms with Gasteiger partial charge in [0.2, 0.25) is 0 Å². The van der Waals surface area contributed by atoms with Crippen LogP contribution in [-0.4, -0.2) is 58.4 Å². The lowest BCUT2D eigenvalue weighted by molar-refractivity contribution is -0.330. The molecule has 28 heavy (non-hydrogen) atoms. The van der Waals surface area contributed by atoms with Gasteiger partial charge in [-0.1, -0.05) is 47.6 Å². The monoisotopic (exact) mass is 400 g/mol. The molecule has 0 aromatic carbocycles. The number of rotatable bonds is 7. The Balaban J connectivity index is 2.17. The molecule has 4 N–H and O–H groups in total. The zero-order valence-electron chi connectivity index (χ0n) is 18.2.